The Labute approximate surface area is 147 Å². The van der Waals surface area contributed by atoms with Gasteiger partial charge in [0.25, 0.3) is 0 Å². The number of halogens is 4. The first-order chi connectivity index (χ1) is 9.92. The van der Waals surface area contributed by atoms with Gasteiger partial charge in [-0.15, -0.1) is 0 Å². The minimum atomic E-state index is 0.238. The zero-order valence-corrected chi connectivity index (χ0v) is 15.2. The average Bonchev–Trinajstić information content (AvgIpc) is 2.44. The lowest BCUT2D eigenvalue weighted by molar-refractivity contribution is 0.482. The molecule has 0 bridgehead atoms. The average molecular weight is 410 g/mol. The van der Waals surface area contributed by atoms with Crippen LogP contribution in [0.2, 0.25) is 15.1 Å². The molecule has 6 heteroatoms. The van der Waals surface area contributed by atoms with Gasteiger partial charge in [-0.1, -0.05) is 56.8 Å². The van der Waals surface area contributed by atoms with Gasteiger partial charge in [0.05, 0.1) is 15.1 Å². The van der Waals surface area contributed by atoms with Crippen LogP contribution in [0.25, 0.3) is 0 Å². The normalized spacial score (nSPS) is 12.3. The topological polar surface area (TPSA) is 21.3 Å². The molecule has 21 heavy (non-hydrogen) atoms. The summed E-state index contributed by atoms with van der Waals surface area (Å²) < 4.78 is 6.73. The van der Waals surface area contributed by atoms with E-state index in [9.17, 15) is 0 Å². The lowest BCUT2D eigenvalue weighted by atomic mass is 10.1. The Kier molecular flexibility index (Phi) is 5.81. The van der Waals surface area contributed by atoms with E-state index >= 15 is 0 Å². The van der Waals surface area contributed by atoms with Crippen LogP contribution >= 0.6 is 50.7 Å². The summed E-state index contributed by atoms with van der Waals surface area (Å²) >= 11 is 21.5. The number of hydrogen-bond acceptors (Lipinski definition) is 2. The first kappa shape index (κ1) is 16.9. The molecule has 0 spiro atoms. The van der Waals surface area contributed by atoms with Gasteiger partial charge in [0, 0.05) is 16.6 Å². The Morgan fingerprint density at radius 2 is 1.71 bits per heavy atom. The van der Waals surface area contributed by atoms with Gasteiger partial charge < -0.3 is 10.1 Å². The van der Waals surface area contributed by atoms with Crippen molar-refractivity contribution in [3.8, 4) is 11.5 Å². The van der Waals surface area contributed by atoms with Crippen LogP contribution in [0, 0.1) is 0 Å². The molecule has 0 aliphatic rings. The fourth-order valence-corrected chi connectivity index (χ4v) is 3.06. The van der Waals surface area contributed by atoms with Crippen LogP contribution in [-0.2, 0) is 0 Å². The van der Waals surface area contributed by atoms with Crippen molar-refractivity contribution in [1.29, 1.82) is 0 Å². The molecule has 2 aromatic rings. The second-order valence-corrected chi connectivity index (χ2v) is 6.57. The van der Waals surface area contributed by atoms with Crippen LogP contribution in [0.5, 0.6) is 11.5 Å². The number of ether oxygens (including phenoxy) is 1. The van der Waals surface area contributed by atoms with Gasteiger partial charge in [-0.2, -0.15) is 0 Å². The van der Waals surface area contributed by atoms with E-state index < -0.39 is 0 Å². The third-order valence-electron chi connectivity index (χ3n) is 3.07. The van der Waals surface area contributed by atoms with Crippen molar-refractivity contribution in [2.45, 2.75) is 13.0 Å². The molecule has 1 unspecified atom stereocenters. The summed E-state index contributed by atoms with van der Waals surface area (Å²) in [5.41, 5.74) is 1.14. The number of rotatable bonds is 4. The van der Waals surface area contributed by atoms with Gasteiger partial charge in [0.1, 0.15) is 11.5 Å². The summed E-state index contributed by atoms with van der Waals surface area (Å²) in [6.45, 7) is 2.08. The highest BCUT2D eigenvalue weighted by atomic mass is 79.9. The molecule has 2 aromatic carbocycles. The lowest BCUT2D eigenvalue weighted by Crippen LogP contribution is -2.12. The Hall–Kier alpha value is -0.450. The first-order valence-corrected chi connectivity index (χ1v) is 8.14. The molecule has 112 valence electrons. The van der Waals surface area contributed by atoms with E-state index in [1.54, 1.807) is 12.1 Å². The van der Waals surface area contributed by atoms with Crippen LogP contribution in [0.4, 0.5) is 0 Å². The van der Waals surface area contributed by atoms with E-state index in [4.69, 9.17) is 39.5 Å². The molecule has 0 radical (unpaired) electrons. The standard InChI is InChI=1S/C15H13BrCl3NO/c1-8(20-2)10-4-3-9(5-11(10)16)21-15-7-13(18)12(17)6-14(15)19/h3-8,20H,1-2H3. The molecular formula is C15H13BrCl3NO. The summed E-state index contributed by atoms with van der Waals surface area (Å²) in [6, 6.07) is 9.17. The zero-order valence-electron chi connectivity index (χ0n) is 11.4. The first-order valence-electron chi connectivity index (χ1n) is 6.21. The smallest absolute Gasteiger partial charge is 0.147 e. The van der Waals surface area contributed by atoms with Gasteiger partial charge in [-0.05, 0) is 37.7 Å². The molecule has 0 aliphatic heterocycles. The Balaban J connectivity index is 2.29. The Morgan fingerprint density at radius 1 is 1.05 bits per heavy atom. The maximum absolute atomic E-state index is 6.11. The molecule has 0 saturated carbocycles. The highest BCUT2D eigenvalue weighted by Gasteiger charge is 2.11. The maximum Gasteiger partial charge on any atom is 0.147 e. The highest BCUT2D eigenvalue weighted by molar-refractivity contribution is 9.10. The summed E-state index contributed by atoms with van der Waals surface area (Å²) in [7, 11) is 1.91. The lowest BCUT2D eigenvalue weighted by Gasteiger charge is -2.15. The van der Waals surface area contributed by atoms with E-state index in [-0.39, 0.29) is 6.04 Å². The van der Waals surface area contributed by atoms with Crippen LogP contribution in [-0.4, -0.2) is 7.05 Å². The van der Waals surface area contributed by atoms with Crippen molar-refractivity contribution in [3.05, 3.63) is 55.4 Å². The van der Waals surface area contributed by atoms with Gasteiger partial charge >= 0.3 is 0 Å². The molecule has 0 aliphatic carbocycles. The number of benzene rings is 2. The van der Waals surface area contributed by atoms with Crippen LogP contribution < -0.4 is 10.1 Å². The fourth-order valence-electron chi connectivity index (χ4n) is 1.79. The van der Waals surface area contributed by atoms with Gasteiger partial charge in [0.15, 0.2) is 0 Å². The maximum atomic E-state index is 6.11. The zero-order chi connectivity index (χ0) is 15.6. The molecule has 0 aromatic heterocycles. The van der Waals surface area contributed by atoms with E-state index in [0.717, 1.165) is 10.0 Å². The van der Waals surface area contributed by atoms with Crippen molar-refractivity contribution in [1.82, 2.24) is 5.32 Å². The van der Waals surface area contributed by atoms with Crippen molar-refractivity contribution in [2.24, 2.45) is 0 Å². The minimum Gasteiger partial charge on any atom is -0.456 e. The van der Waals surface area contributed by atoms with Gasteiger partial charge in [0.2, 0.25) is 0 Å². The van der Waals surface area contributed by atoms with Crippen molar-refractivity contribution in [2.75, 3.05) is 7.05 Å². The SMILES string of the molecule is CNC(C)c1ccc(Oc2cc(Cl)c(Cl)cc2Cl)cc1Br. The summed E-state index contributed by atoms with van der Waals surface area (Å²) in [6.07, 6.45) is 0. The monoisotopic (exact) mass is 407 g/mol. The van der Waals surface area contributed by atoms with Crippen LogP contribution in [0.1, 0.15) is 18.5 Å². The van der Waals surface area contributed by atoms with Crippen molar-refractivity contribution in [3.63, 3.8) is 0 Å². The third kappa shape index (κ3) is 4.05. The molecule has 0 heterocycles. The molecule has 2 nitrogen and oxygen atoms in total. The van der Waals surface area contributed by atoms with Gasteiger partial charge in [-0.3, -0.25) is 0 Å². The fraction of sp³-hybridized carbons (Fsp3) is 0.200. The Morgan fingerprint density at radius 3 is 2.33 bits per heavy atom. The molecule has 0 amide bonds. The van der Waals surface area contributed by atoms with E-state index in [1.165, 1.54) is 0 Å². The molecule has 0 fully saturated rings. The third-order valence-corrected chi connectivity index (χ3v) is 4.78. The quantitative estimate of drug-likeness (QED) is 0.583. The number of nitrogens with one attached hydrogen (secondary N) is 1. The number of hydrogen-bond donors (Lipinski definition) is 1. The molecule has 1 N–H and O–H groups in total. The van der Waals surface area contributed by atoms with Crippen molar-refractivity contribution >= 4 is 50.7 Å². The van der Waals surface area contributed by atoms with Crippen LogP contribution in [0.15, 0.2) is 34.8 Å². The molecule has 2 rings (SSSR count). The molecule has 0 saturated heterocycles. The highest BCUT2D eigenvalue weighted by Crippen LogP contribution is 2.37. The second kappa shape index (κ2) is 7.21. The summed E-state index contributed by atoms with van der Waals surface area (Å²) in [5, 5.41) is 4.40. The predicted octanol–water partition coefficient (Wildman–Crippen LogP) is 6.48. The minimum absolute atomic E-state index is 0.238. The van der Waals surface area contributed by atoms with Crippen molar-refractivity contribution < 1.29 is 4.74 Å². The molecular weight excluding hydrogens is 396 g/mol. The largest absolute Gasteiger partial charge is 0.456 e. The van der Waals surface area contributed by atoms with Gasteiger partial charge in [-0.25, -0.2) is 0 Å². The second-order valence-electron chi connectivity index (χ2n) is 4.49. The summed E-state index contributed by atoms with van der Waals surface area (Å²) in [5.74, 6) is 1.13. The Bertz CT molecular complexity index is 664. The van der Waals surface area contributed by atoms with E-state index in [2.05, 4.69) is 28.2 Å². The van der Waals surface area contributed by atoms with E-state index in [1.807, 2.05) is 25.2 Å². The van der Waals surface area contributed by atoms with E-state index in [0.29, 0.717) is 26.6 Å². The molecule has 1 atom stereocenters. The summed E-state index contributed by atoms with van der Waals surface area (Å²) in [4.78, 5) is 0. The predicted molar refractivity (Wildman–Crippen MR) is 93.2 cm³/mol. The van der Waals surface area contributed by atoms with Crippen LogP contribution in [0.3, 0.4) is 0 Å².